The van der Waals surface area contributed by atoms with E-state index < -0.39 is 23.8 Å². The first kappa shape index (κ1) is 31.4. The molecule has 0 aliphatic heterocycles. The number of hydrogen-bond acceptors (Lipinski definition) is 6. The van der Waals surface area contributed by atoms with E-state index in [1.165, 1.54) is 13.8 Å². The Labute approximate surface area is 209 Å². The van der Waals surface area contributed by atoms with Crippen LogP contribution in [0, 0.1) is 5.92 Å². The first-order chi connectivity index (χ1) is 16.5. The van der Waals surface area contributed by atoms with Crippen LogP contribution in [0.15, 0.2) is 66.7 Å². The smallest absolute Gasteiger partial charge is 0.330 e. The zero-order chi connectivity index (χ0) is 26.8. The number of carbonyl (C=O) groups is 4. The van der Waals surface area contributed by atoms with E-state index in [0.29, 0.717) is 18.6 Å². The second-order valence-electron chi connectivity index (χ2n) is 7.35. The number of methoxy groups -OCH3 is 1. The van der Waals surface area contributed by atoms with Crippen molar-refractivity contribution in [2.75, 3.05) is 12.9 Å². The van der Waals surface area contributed by atoms with Gasteiger partial charge in [0.1, 0.15) is 5.75 Å². The fourth-order valence-electron chi connectivity index (χ4n) is 2.38. The third-order valence-corrected chi connectivity index (χ3v) is 5.29. The second kappa shape index (κ2) is 17.8. The van der Waals surface area contributed by atoms with E-state index in [2.05, 4.69) is 6.58 Å². The highest BCUT2D eigenvalue weighted by Crippen LogP contribution is 2.15. The fraction of sp³-hybridized carbons (Fsp3) is 0.308. The number of rotatable bonds is 10. The average Bonchev–Trinajstić information content (AvgIpc) is 2.81. The van der Waals surface area contributed by atoms with Crippen molar-refractivity contribution < 1.29 is 39.2 Å². The molecule has 0 saturated carbocycles. The van der Waals surface area contributed by atoms with Gasteiger partial charge in [0, 0.05) is 24.7 Å². The van der Waals surface area contributed by atoms with Gasteiger partial charge in [-0.1, -0.05) is 60.8 Å². The number of aliphatic carboxylic acids is 3. The summed E-state index contributed by atoms with van der Waals surface area (Å²) in [5, 5.41) is 25.3. The highest BCUT2D eigenvalue weighted by molar-refractivity contribution is 8.13. The first-order valence-corrected chi connectivity index (χ1v) is 11.6. The molecule has 0 spiro atoms. The van der Waals surface area contributed by atoms with E-state index in [-0.39, 0.29) is 17.1 Å². The molecular formula is C26H32O8S. The monoisotopic (exact) mass is 504 g/mol. The maximum Gasteiger partial charge on any atom is 0.330 e. The summed E-state index contributed by atoms with van der Waals surface area (Å²) in [5.41, 5.74) is 2.18. The van der Waals surface area contributed by atoms with Gasteiger partial charge in [0.15, 0.2) is 5.12 Å². The lowest BCUT2D eigenvalue weighted by atomic mass is 10.0. The van der Waals surface area contributed by atoms with Crippen molar-refractivity contribution in [3.8, 4) is 5.75 Å². The molecule has 0 radical (unpaired) electrons. The number of thioether (sulfide) groups is 1. The van der Waals surface area contributed by atoms with Crippen LogP contribution >= 0.6 is 11.8 Å². The summed E-state index contributed by atoms with van der Waals surface area (Å²) in [6.45, 7) is 6.05. The molecule has 2 aromatic carbocycles. The van der Waals surface area contributed by atoms with Crippen LogP contribution in [0.4, 0.5) is 0 Å². The number of carboxylic acids is 3. The molecule has 0 bridgehead atoms. The van der Waals surface area contributed by atoms with Crippen molar-refractivity contribution in [3.05, 3.63) is 77.9 Å². The van der Waals surface area contributed by atoms with Gasteiger partial charge >= 0.3 is 17.9 Å². The van der Waals surface area contributed by atoms with Gasteiger partial charge in [-0.3, -0.25) is 14.4 Å². The molecule has 1 atom stereocenters. The molecule has 2 rings (SSSR count). The molecule has 8 nitrogen and oxygen atoms in total. The van der Waals surface area contributed by atoms with E-state index in [0.717, 1.165) is 28.6 Å². The van der Waals surface area contributed by atoms with Gasteiger partial charge in [0.2, 0.25) is 0 Å². The highest BCUT2D eigenvalue weighted by Gasteiger charge is 2.18. The number of carboxylic acid groups (broad SMARTS) is 3. The molecule has 2 aromatic rings. The van der Waals surface area contributed by atoms with Gasteiger partial charge in [-0.05, 0) is 43.0 Å². The van der Waals surface area contributed by atoms with Gasteiger partial charge in [-0.15, -0.1) is 0 Å². The van der Waals surface area contributed by atoms with E-state index in [4.69, 9.17) is 20.1 Å². The lowest BCUT2D eigenvalue weighted by Crippen LogP contribution is -2.19. The Balaban J connectivity index is 0.000000546. The summed E-state index contributed by atoms with van der Waals surface area (Å²) >= 11 is 1.07. The Morgan fingerprint density at radius 1 is 0.914 bits per heavy atom. The van der Waals surface area contributed by atoms with Crippen molar-refractivity contribution in [1.29, 1.82) is 0 Å². The number of benzene rings is 2. The molecule has 35 heavy (non-hydrogen) atoms. The Bertz CT molecular complexity index is 943. The van der Waals surface area contributed by atoms with Crippen LogP contribution in [-0.2, 0) is 32.0 Å². The number of carbonyl (C=O) groups excluding carboxylic acids is 1. The molecule has 9 heteroatoms. The average molecular weight is 505 g/mol. The standard InChI is InChI=1S/C12H14O3S.C10H12O3.C4H6O2/c1-9(13)16-8-11(12(14)15)7-10-5-3-2-4-6-10;1-13-9-5-2-8(3-6-9)4-7-10(11)12;1-3(2)4(5)6/h2-6,11H,7-8H2,1H3,(H,14,15);2-3,5-6H,4,7H2,1H3,(H,11,12);1H2,2H3,(H,5,6). The molecule has 0 aromatic heterocycles. The van der Waals surface area contributed by atoms with Crippen LogP contribution in [0.25, 0.3) is 0 Å². The van der Waals surface area contributed by atoms with Gasteiger partial charge in [0.25, 0.3) is 0 Å². The highest BCUT2D eigenvalue weighted by atomic mass is 32.2. The minimum absolute atomic E-state index is 0.0423. The molecule has 3 N–H and O–H groups in total. The second-order valence-corrected chi connectivity index (χ2v) is 8.55. The predicted molar refractivity (Wildman–Crippen MR) is 136 cm³/mol. The van der Waals surface area contributed by atoms with Crippen LogP contribution in [0.3, 0.4) is 0 Å². The summed E-state index contributed by atoms with van der Waals surface area (Å²) in [4.78, 5) is 41.7. The van der Waals surface area contributed by atoms with E-state index in [1.807, 2.05) is 54.6 Å². The normalized spacial score (nSPS) is 10.4. The Hall–Kier alpha value is -3.59. The summed E-state index contributed by atoms with van der Waals surface area (Å²) in [5.74, 6) is -1.93. The molecule has 0 heterocycles. The van der Waals surface area contributed by atoms with Gasteiger partial charge in [0.05, 0.1) is 13.0 Å². The third kappa shape index (κ3) is 16.6. The van der Waals surface area contributed by atoms with Crippen LogP contribution in [0.1, 0.15) is 31.4 Å². The van der Waals surface area contributed by atoms with Gasteiger partial charge < -0.3 is 20.1 Å². The van der Waals surface area contributed by atoms with Gasteiger partial charge in [-0.25, -0.2) is 4.79 Å². The van der Waals surface area contributed by atoms with Crippen LogP contribution in [0.2, 0.25) is 0 Å². The van der Waals surface area contributed by atoms with Crippen molar-refractivity contribution >= 4 is 34.8 Å². The van der Waals surface area contributed by atoms with Gasteiger partial charge in [-0.2, -0.15) is 0 Å². The molecule has 190 valence electrons. The third-order valence-electron chi connectivity index (χ3n) is 4.31. The van der Waals surface area contributed by atoms with Crippen molar-refractivity contribution in [1.82, 2.24) is 0 Å². The molecule has 0 aliphatic carbocycles. The van der Waals surface area contributed by atoms with Crippen LogP contribution < -0.4 is 4.74 Å². The van der Waals surface area contributed by atoms with E-state index in [9.17, 15) is 19.2 Å². The summed E-state index contributed by atoms with van der Waals surface area (Å²) in [7, 11) is 1.60. The lowest BCUT2D eigenvalue weighted by Gasteiger charge is -2.10. The minimum atomic E-state index is -0.935. The maximum atomic E-state index is 11.0. The van der Waals surface area contributed by atoms with Crippen molar-refractivity contribution in [3.63, 3.8) is 0 Å². The summed E-state index contributed by atoms with van der Waals surface area (Å²) in [6, 6.07) is 16.9. The zero-order valence-corrected chi connectivity index (χ0v) is 20.9. The summed E-state index contributed by atoms with van der Waals surface area (Å²) < 4.78 is 4.98. The molecule has 0 aliphatic rings. The molecule has 0 saturated heterocycles. The fourth-order valence-corrected chi connectivity index (χ4v) is 3.07. The number of ether oxygens (including phenoxy) is 1. The minimum Gasteiger partial charge on any atom is -0.497 e. The van der Waals surface area contributed by atoms with Crippen LogP contribution in [-0.4, -0.2) is 51.2 Å². The molecule has 1 unspecified atom stereocenters. The first-order valence-electron chi connectivity index (χ1n) is 10.6. The maximum absolute atomic E-state index is 11.0. The lowest BCUT2D eigenvalue weighted by molar-refractivity contribution is -0.141. The molecule has 0 amide bonds. The summed E-state index contributed by atoms with van der Waals surface area (Å²) in [6.07, 6.45) is 1.21. The quantitative estimate of drug-likeness (QED) is 0.397. The zero-order valence-electron chi connectivity index (χ0n) is 20.1. The topological polar surface area (TPSA) is 138 Å². The van der Waals surface area contributed by atoms with Crippen molar-refractivity contribution in [2.45, 2.75) is 33.1 Å². The molecular weight excluding hydrogens is 472 g/mol. The molecule has 0 fully saturated rings. The predicted octanol–water partition coefficient (Wildman–Crippen LogP) is 4.57. The Kier molecular flexibility index (Phi) is 16.0. The van der Waals surface area contributed by atoms with Crippen LogP contribution in [0.5, 0.6) is 5.75 Å². The number of aryl methyl sites for hydroxylation is 1. The largest absolute Gasteiger partial charge is 0.497 e. The van der Waals surface area contributed by atoms with E-state index in [1.54, 1.807) is 7.11 Å². The Morgan fingerprint density at radius 2 is 1.46 bits per heavy atom. The van der Waals surface area contributed by atoms with E-state index >= 15 is 0 Å². The Morgan fingerprint density at radius 3 is 1.86 bits per heavy atom. The SMILES string of the molecule is C=C(C)C(=O)O.CC(=O)SCC(Cc1ccccc1)C(=O)O.COc1ccc(CCC(=O)O)cc1. The number of hydrogen-bond donors (Lipinski definition) is 3. The van der Waals surface area contributed by atoms with Crippen molar-refractivity contribution in [2.24, 2.45) is 5.92 Å².